The molecule has 0 saturated carbocycles. The first-order chi connectivity index (χ1) is 40.4. The number of unbranched alkanes of at least 4 members (excludes halogenated alkanes) is 2. The molecule has 1 aromatic rings. The lowest BCUT2D eigenvalue weighted by molar-refractivity contribution is -0.122. The minimum Gasteiger partial charge on any atom is -0.386 e. The number of nitrogens with two attached hydrogens (primary N) is 1. The quantitative estimate of drug-likeness (QED) is 0.0276. The highest BCUT2D eigenvalue weighted by atomic mass is 31.2. The van der Waals surface area contributed by atoms with Gasteiger partial charge in [0.2, 0.25) is 17.7 Å². The maximum atomic E-state index is 12.7. The highest BCUT2D eigenvalue weighted by Gasteiger charge is 2.49. The van der Waals surface area contributed by atoms with Crippen LogP contribution in [0.5, 0.6) is 0 Å². The topological polar surface area (TPSA) is 422 Å². The number of ether oxygens (including phenoxy) is 13. The molecule has 0 aliphatic carbocycles. The molecule has 0 bridgehead atoms. The molecule has 3 rings (SSSR count). The number of anilines is 1. The smallest absolute Gasteiger partial charge is 0.386 e. The molecule has 488 valence electrons. The zero-order valence-corrected chi connectivity index (χ0v) is 50.0. The highest BCUT2D eigenvalue weighted by Crippen LogP contribution is 2.45. The van der Waals surface area contributed by atoms with E-state index in [1.807, 2.05) is 0 Å². The van der Waals surface area contributed by atoms with Gasteiger partial charge in [0.15, 0.2) is 6.23 Å². The van der Waals surface area contributed by atoms with Crippen LogP contribution in [0.1, 0.15) is 70.1 Å². The van der Waals surface area contributed by atoms with Crippen LogP contribution in [0.3, 0.4) is 0 Å². The number of rotatable bonds is 55. The summed E-state index contributed by atoms with van der Waals surface area (Å²) in [5, 5.41) is 19.4. The van der Waals surface area contributed by atoms with Crippen molar-refractivity contribution in [3.63, 3.8) is 0 Å². The summed E-state index contributed by atoms with van der Waals surface area (Å²) in [5.74, 6) is 0.133. The van der Waals surface area contributed by atoms with Crippen molar-refractivity contribution in [2.45, 2.75) is 95.3 Å². The van der Waals surface area contributed by atoms with Gasteiger partial charge in [-0.2, -0.15) is 4.98 Å². The fraction of sp³-hybridized carbons (Fsp3) is 0.860. The predicted molar refractivity (Wildman–Crippen MR) is 295 cm³/mol. The van der Waals surface area contributed by atoms with E-state index in [4.69, 9.17) is 77.1 Å². The van der Waals surface area contributed by atoms with Crippen LogP contribution in [0.2, 0.25) is 0 Å². The van der Waals surface area contributed by atoms with Crippen molar-refractivity contribution in [3.05, 3.63) is 22.2 Å². The van der Waals surface area contributed by atoms with Gasteiger partial charge < -0.3 is 108 Å². The number of nitrogens with one attached hydrogen (secondary N) is 3. The van der Waals surface area contributed by atoms with E-state index in [1.54, 1.807) is 0 Å². The van der Waals surface area contributed by atoms with Gasteiger partial charge in [0.05, 0.1) is 165 Å². The van der Waals surface area contributed by atoms with Gasteiger partial charge in [-0.15, -0.1) is 0 Å². The van der Waals surface area contributed by atoms with Crippen LogP contribution in [0.25, 0.3) is 0 Å². The van der Waals surface area contributed by atoms with Crippen LogP contribution in [0.4, 0.5) is 5.82 Å². The molecular weight excluding hydrogens is 1160 g/mol. The number of aliphatic hydroxyl groups is 1. The van der Waals surface area contributed by atoms with Gasteiger partial charge in [0.1, 0.15) is 24.1 Å². The number of carbonyl (C=O) groups is 3. The first-order valence-corrected chi connectivity index (χ1v) is 31.4. The first kappa shape index (κ1) is 75.0. The van der Waals surface area contributed by atoms with Crippen LogP contribution in [-0.4, -0.2) is 255 Å². The third-order valence-electron chi connectivity index (χ3n) is 12.3. The molecule has 2 fully saturated rings. The first-order valence-electron chi connectivity index (χ1n) is 28.3. The Morgan fingerprint density at radius 3 is 1.51 bits per heavy atom. The Morgan fingerprint density at radius 2 is 1.07 bits per heavy atom. The van der Waals surface area contributed by atoms with Gasteiger partial charge in [0.25, 0.3) is 0 Å². The van der Waals surface area contributed by atoms with Crippen molar-refractivity contribution >= 4 is 39.2 Å². The van der Waals surface area contributed by atoms with Gasteiger partial charge >= 0.3 is 21.3 Å². The lowest BCUT2D eigenvalue weighted by atomic mass is 9.97. The average Bonchev–Trinajstić information content (AvgIpc) is 2.62. The number of amides is 3. The van der Waals surface area contributed by atoms with Crippen LogP contribution in [0, 0.1) is 5.92 Å². The van der Waals surface area contributed by atoms with Crippen LogP contribution in [0.15, 0.2) is 11.0 Å². The third-order valence-corrected chi connectivity index (χ3v) is 13.4. The standard InChI is InChI=1S/C50H92N6O26P2/c1-39-36-45(59)54-41(39)7-3-2-4-8-43(57)53-11-13-69-15-17-71-19-21-73-23-25-75-27-29-77-31-33-79-35-34-78-32-30-76-28-26-74-24-22-72-20-18-70-16-14-68-12-9-44(58)52-10-5-6-40-37-56(50(61)55-48(40)51)49-46(60)47(82-84(65,66)67)42(81-49)38-80-83(62,63)64/h37,39,41-42,46-47,49,60H,2-36,38H2,1H3,(H,52,58)(H,53,57)(H,54,59)(H2,51,55,61)(H2,62,63,64)(H2,65,66,67)/t39-,41-,42-,46?,47+,49-/m1/s1. The number of nitrogens with zero attached hydrogens (tertiary/aromatic N) is 2. The maximum Gasteiger partial charge on any atom is 0.470 e. The summed E-state index contributed by atoms with van der Waals surface area (Å²) in [6.07, 6.45) is -0.310. The molecule has 3 amide bonds. The lowest BCUT2D eigenvalue weighted by Crippen LogP contribution is -2.38. The highest BCUT2D eigenvalue weighted by molar-refractivity contribution is 7.46. The number of hydrogen-bond donors (Lipinski definition) is 9. The van der Waals surface area contributed by atoms with Gasteiger partial charge in [0, 0.05) is 50.2 Å². The Labute approximate surface area is 489 Å². The number of phosphoric ester groups is 2. The van der Waals surface area contributed by atoms with E-state index in [9.17, 15) is 43.2 Å². The molecular formula is C50H92N6O26P2. The molecule has 34 heteroatoms. The Bertz CT molecular complexity index is 2080. The number of aryl methyl sites for hydroxylation is 1. The average molecular weight is 1260 g/mol. The number of aliphatic hydroxyl groups excluding tert-OH is 1. The van der Waals surface area contributed by atoms with Crippen molar-refractivity contribution in [2.75, 3.05) is 184 Å². The summed E-state index contributed by atoms with van der Waals surface area (Å²) in [6, 6.07) is 0.273. The van der Waals surface area contributed by atoms with Crippen molar-refractivity contribution in [1.29, 1.82) is 0 Å². The summed E-state index contributed by atoms with van der Waals surface area (Å²) < 4.78 is 104. The molecule has 0 aromatic carbocycles. The van der Waals surface area contributed by atoms with E-state index in [0.717, 1.165) is 30.3 Å². The summed E-state index contributed by atoms with van der Waals surface area (Å²) in [7, 11) is -10.3. The largest absolute Gasteiger partial charge is 0.470 e. The molecule has 2 aliphatic rings. The molecule has 3 heterocycles. The molecule has 1 unspecified atom stereocenters. The van der Waals surface area contributed by atoms with Crippen molar-refractivity contribution in [3.8, 4) is 0 Å². The lowest BCUT2D eigenvalue weighted by Gasteiger charge is -2.21. The summed E-state index contributed by atoms with van der Waals surface area (Å²) in [6.45, 7) is 11.6. The van der Waals surface area contributed by atoms with E-state index >= 15 is 0 Å². The normalized spacial score (nSPS) is 19.1. The van der Waals surface area contributed by atoms with Crippen LogP contribution >= 0.6 is 15.6 Å². The van der Waals surface area contributed by atoms with Gasteiger partial charge in [-0.1, -0.05) is 19.8 Å². The Balaban J connectivity index is 0.972. The number of hydrogen-bond acceptors (Lipinski definition) is 24. The molecule has 10 N–H and O–H groups in total. The van der Waals surface area contributed by atoms with Crippen LogP contribution < -0.4 is 27.4 Å². The number of aromatic nitrogens is 2. The van der Waals surface area contributed by atoms with E-state index in [-0.39, 0.29) is 62.2 Å². The second kappa shape index (κ2) is 45.9. The minimum atomic E-state index is -5.25. The van der Waals surface area contributed by atoms with E-state index < -0.39 is 52.5 Å². The van der Waals surface area contributed by atoms with Gasteiger partial charge in [-0.3, -0.25) is 28.0 Å². The Kier molecular flexibility index (Phi) is 41.0. The molecule has 0 spiro atoms. The van der Waals surface area contributed by atoms with Crippen molar-refractivity contribution in [1.82, 2.24) is 25.5 Å². The number of nitrogen functional groups attached to an aromatic ring is 1. The fourth-order valence-electron chi connectivity index (χ4n) is 8.10. The summed E-state index contributed by atoms with van der Waals surface area (Å²) in [5.41, 5.74) is 5.22. The van der Waals surface area contributed by atoms with E-state index in [1.165, 1.54) is 6.20 Å². The van der Waals surface area contributed by atoms with E-state index in [0.29, 0.717) is 183 Å². The number of carbonyl (C=O) groups excluding carboxylic acids is 3. The van der Waals surface area contributed by atoms with Crippen LogP contribution in [-0.2, 0) is 101 Å². The predicted octanol–water partition coefficient (Wildman–Crippen LogP) is -1.10. The minimum absolute atomic E-state index is 0.0290. The van der Waals surface area contributed by atoms with Crippen molar-refractivity contribution in [2.24, 2.45) is 5.92 Å². The van der Waals surface area contributed by atoms with Gasteiger partial charge in [-0.05, 0) is 31.6 Å². The monoisotopic (exact) mass is 1250 g/mol. The molecule has 84 heavy (non-hydrogen) atoms. The fourth-order valence-corrected chi connectivity index (χ4v) is 9.02. The summed E-state index contributed by atoms with van der Waals surface area (Å²) in [4.78, 5) is 88.8. The second-order valence-corrected chi connectivity index (χ2v) is 21.5. The molecule has 0 radical (unpaired) electrons. The molecule has 2 aliphatic heterocycles. The molecule has 32 nitrogen and oxygen atoms in total. The molecule has 2 saturated heterocycles. The second-order valence-electron chi connectivity index (χ2n) is 19.1. The summed E-state index contributed by atoms with van der Waals surface area (Å²) >= 11 is 0. The van der Waals surface area contributed by atoms with E-state index in [2.05, 4.69) is 36.9 Å². The SMILES string of the molecule is C[C@@H]1CC(=O)N[C@@H]1CCCCCC(=O)NCCOCCOCCOCCOCCOCCOCCOCCOCCOCCOCCOCCOCCC(=O)NCCCc1cn([C@@H]2O[C@H](COP(=O)(O)O)[C@H](OP(=O)(O)O)C2O)c(=O)nc1N. The Morgan fingerprint density at radius 1 is 0.631 bits per heavy atom. The third kappa shape index (κ3) is 37.4. The molecule has 6 atom stereocenters. The maximum absolute atomic E-state index is 12.7. The number of phosphoric acid groups is 2. The molecule has 1 aromatic heterocycles. The van der Waals surface area contributed by atoms with Gasteiger partial charge in [-0.25, -0.2) is 13.9 Å². The zero-order valence-electron chi connectivity index (χ0n) is 48.2. The van der Waals surface area contributed by atoms with Crippen molar-refractivity contribution < 1.29 is 119 Å². The zero-order chi connectivity index (χ0) is 61.1. The Hall–Kier alpha value is -3.25.